The normalized spacial score (nSPS) is 14.6. The summed E-state index contributed by atoms with van der Waals surface area (Å²) in [7, 11) is 0.821. The van der Waals surface area contributed by atoms with Gasteiger partial charge in [-0.3, -0.25) is 4.57 Å². The van der Waals surface area contributed by atoms with Crippen LogP contribution >= 0.6 is 15.9 Å². The van der Waals surface area contributed by atoms with Crippen molar-refractivity contribution in [1.82, 2.24) is 9.55 Å². The maximum absolute atomic E-state index is 12.0. The molecule has 0 amide bonds. The maximum atomic E-state index is 12.0. The molecule has 0 saturated carbocycles. The third kappa shape index (κ3) is 7.13. The van der Waals surface area contributed by atoms with Crippen LogP contribution in [-0.2, 0) is 22.8 Å². The zero-order valence-corrected chi connectivity index (χ0v) is 18.5. The molecule has 1 aromatic rings. The number of nitrogens with zero attached hydrogens (tertiary/aromatic N) is 3. The van der Waals surface area contributed by atoms with Crippen molar-refractivity contribution in [3.05, 3.63) is 10.4 Å². The highest BCUT2D eigenvalue weighted by molar-refractivity contribution is 9.10. The van der Waals surface area contributed by atoms with E-state index < -0.39 is 19.4 Å². The van der Waals surface area contributed by atoms with E-state index in [1.165, 1.54) is 0 Å². The van der Waals surface area contributed by atoms with Gasteiger partial charge in [-0.2, -0.15) is 0 Å². The molecule has 0 bridgehead atoms. The lowest BCUT2D eigenvalue weighted by Gasteiger charge is -2.18. The summed E-state index contributed by atoms with van der Waals surface area (Å²) >= 11 is 2.23. The highest BCUT2D eigenvalue weighted by Crippen LogP contribution is 2.17. The molecule has 130 valence electrons. The second-order valence-corrected chi connectivity index (χ2v) is 16.0. The molecule has 23 heavy (non-hydrogen) atoms. The Morgan fingerprint density at radius 1 is 1.43 bits per heavy atom. The van der Waals surface area contributed by atoms with Gasteiger partial charge in [0.1, 0.15) is 29.1 Å². The second kappa shape index (κ2) is 8.33. The molecule has 1 rings (SSSR count). The summed E-state index contributed by atoms with van der Waals surface area (Å²) in [4.78, 5) is 4.45. The number of hydrogen-bond donors (Lipinski definition) is 0. The first kappa shape index (κ1) is 21.0. The van der Waals surface area contributed by atoms with E-state index in [9.17, 15) is 4.55 Å². The molecule has 0 radical (unpaired) electrons. The summed E-state index contributed by atoms with van der Waals surface area (Å²) in [6.07, 6.45) is 1.57. The summed E-state index contributed by atoms with van der Waals surface area (Å²) < 4.78 is 24.4. The van der Waals surface area contributed by atoms with Crippen LogP contribution in [0.5, 0.6) is 0 Å². The predicted octanol–water partition coefficient (Wildman–Crippen LogP) is 2.10. The van der Waals surface area contributed by atoms with Gasteiger partial charge < -0.3 is 9.29 Å². The summed E-state index contributed by atoms with van der Waals surface area (Å²) in [5.41, 5.74) is 0.863. The van der Waals surface area contributed by atoms with Crippen molar-refractivity contribution < 1.29 is 9.29 Å². The first-order valence-electron chi connectivity index (χ1n) is 7.68. The topological polar surface area (TPSA) is 62.5 Å². The molecule has 1 aromatic heterocycles. The van der Waals surface area contributed by atoms with Crippen LogP contribution in [-0.4, -0.2) is 47.6 Å². The fourth-order valence-corrected chi connectivity index (χ4v) is 3.22. The van der Waals surface area contributed by atoms with E-state index in [-0.39, 0.29) is 4.75 Å². The van der Waals surface area contributed by atoms with Gasteiger partial charge >= 0.3 is 0 Å². The second-order valence-electron chi connectivity index (χ2n) is 7.72. The molecule has 0 aliphatic carbocycles. The van der Waals surface area contributed by atoms with Crippen molar-refractivity contribution in [2.45, 2.75) is 57.9 Å². The molecule has 0 aliphatic heterocycles. The van der Waals surface area contributed by atoms with Gasteiger partial charge in [0.05, 0.1) is 4.60 Å². The number of halogens is 1. The van der Waals surface area contributed by atoms with Crippen molar-refractivity contribution in [1.29, 1.82) is 0 Å². The zero-order valence-electron chi connectivity index (χ0n) is 15.1. The quantitative estimate of drug-likeness (QED) is 0.294. The predicted molar refractivity (Wildman–Crippen MR) is 108 cm³/mol. The lowest BCUT2D eigenvalue weighted by molar-refractivity contribution is 0.0855. The third-order valence-electron chi connectivity index (χ3n) is 3.10. The fraction of sp³-hybridized carbons (Fsp3) is 0.714. The summed E-state index contributed by atoms with van der Waals surface area (Å²) in [6, 6.07) is 1.12. The maximum Gasteiger partial charge on any atom is 0.167 e. The Hall–Kier alpha value is -0.0882. The van der Waals surface area contributed by atoms with Crippen molar-refractivity contribution >= 4 is 55.0 Å². The van der Waals surface area contributed by atoms with E-state index in [0.29, 0.717) is 12.6 Å². The van der Waals surface area contributed by atoms with Gasteiger partial charge in [0.2, 0.25) is 0 Å². The van der Waals surface area contributed by atoms with Crippen molar-refractivity contribution in [3.63, 3.8) is 0 Å². The minimum atomic E-state index is -1.30. The van der Waals surface area contributed by atoms with Crippen LogP contribution in [0.4, 0.5) is 0 Å². The van der Waals surface area contributed by atoms with E-state index in [1.54, 1.807) is 6.21 Å². The number of aromatic nitrogens is 2. The monoisotopic (exact) mass is 419 g/mol. The minimum absolute atomic E-state index is 0.381. The molecule has 0 aliphatic rings. The Morgan fingerprint density at radius 2 is 2.04 bits per heavy atom. The highest BCUT2D eigenvalue weighted by Gasteiger charge is 2.26. The van der Waals surface area contributed by atoms with E-state index in [1.807, 2.05) is 33.2 Å². The number of ether oxygens (including phenoxy) is 1. The zero-order chi connectivity index (χ0) is 17.8. The first-order chi connectivity index (χ1) is 10.4. The smallest absolute Gasteiger partial charge is 0.167 e. The number of hydrogen-bond acceptors (Lipinski definition) is 4. The van der Waals surface area contributed by atoms with Gasteiger partial charge in [-0.15, -0.1) is 0 Å². The minimum Gasteiger partial charge on any atom is -0.591 e. The van der Waals surface area contributed by atoms with Crippen molar-refractivity contribution in [3.8, 4) is 0 Å². The average molecular weight is 420 g/mol. The molecule has 0 N–H and O–H groups in total. The molecule has 1 atom stereocenters. The van der Waals surface area contributed by atoms with Gasteiger partial charge in [0.15, 0.2) is 13.7 Å². The molecule has 9 heteroatoms. The molecular weight excluding hydrogens is 393 g/mol. The van der Waals surface area contributed by atoms with Crippen LogP contribution in [0.3, 0.4) is 0 Å². The van der Waals surface area contributed by atoms with E-state index in [4.69, 9.17) is 4.74 Å². The van der Waals surface area contributed by atoms with Crippen LogP contribution in [0.1, 0.15) is 26.6 Å². The molecular formula is C14H27BBrN3O2SSi. The lowest BCUT2D eigenvalue weighted by atomic mass is 10.1. The van der Waals surface area contributed by atoms with Gasteiger partial charge in [0.25, 0.3) is 0 Å². The number of imidazole rings is 1. The fourth-order valence-electron chi connectivity index (χ4n) is 1.58. The van der Waals surface area contributed by atoms with Crippen LogP contribution < -0.4 is 5.59 Å². The van der Waals surface area contributed by atoms with Gasteiger partial charge in [-0.05, 0) is 42.7 Å². The van der Waals surface area contributed by atoms with Gasteiger partial charge in [-0.25, -0.2) is 4.98 Å². The standard InChI is InChI=1S/C14H27BBrN3O2SSi/c1-14(2,3)22(20)17-9-11-18-12(15)13(16)19(11)10-21-7-8-23(4,5)6/h9H,7-8,10,15H2,1-6H3/b17-9+/t22-/m0/s1. The third-order valence-corrected chi connectivity index (χ3v) is 7.15. The van der Waals surface area contributed by atoms with Crippen LogP contribution in [0.15, 0.2) is 9.00 Å². The SMILES string of the molecule is Bc1nc(/C=N/[S@@+]([O-])C(C)(C)C)n(COCC[Si](C)(C)C)c1Br. The van der Waals surface area contributed by atoms with Gasteiger partial charge in [-0.1, -0.05) is 24.0 Å². The summed E-state index contributed by atoms with van der Waals surface area (Å²) in [5.74, 6) is 0.653. The number of rotatable bonds is 7. The van der Waals surface area contributed by atoms with Gasteiger partial charge in [0, 0.05) is 20.3 Å². The summed E-state index contributed by atoms with van der Waals surface area (Å²) in [5, 5.41) is 0. The molecule has 5 nitrogen and oxygen atoms in total. The van der Waals surface area contributed by atoms with Crippen LogP contribution in [0, 0.1) is 0 Å². The summed E-state index contributed by atoms with van der Waals surface area (Å²) in [6.45, 7) is 13.8. The van der Waals surface area contributed by atoms with Crippen LogP contribution in [0.25, 0.3) is 0 Å². The van der Waals surface area contributed by atoms with E-state index in [0.717, 1.165) is 22.8 Å². The Labute approximate surface area is 153 Å². The van der Waals surface area contributed by atoms with E-state index in [2.05, 4.69) is 45.0 Å². The van der Waals surface area contributed by atoms with Crippen molar-refractivity contribution in [2.75, 3.05) is 6.61 Å². The first-order valence-corrected chi connectivity index (χ1v) is 13.3. The Balaban J connectivity index is 2.78. The Morgan fingerprint density at radius 3 is 2.57 bits per heavy atom. The molecule has 0 spiro atoms. The average Bonchev–Trinajstić information content (AvgIpc) is 2.65. The molecule has 0 aromatic carbocycles. The highest BCUT2D eigenvalue weighted by atomic mass is 79.9. The molecule has 0 saturated heterocycles. The Kier molecular flexibility index (Phi) is 7.59. The lowest BCUT2D eigenvalue weighted by Crippen LogP contribution is -2.26. The van der Waals surface area contributed by atoms with E-state index >= 15 is 0 Å². The van der Waals surface area contributed by atoms with Crippen molar-refractivity contribution in [2.24, 2.45) is 4.40 Å². The largest absolute Gasteiger partial charge is 0.591 e. The molecule has 0 fully saturated rings. The Bertz CT molecular complexity index is 555. The van der Waals surface area contributed by atoms with Crippen LogP contribution in [0.2, 0.25) is 25.7 Å². The molecule has 0 unspecified atom stereocenters. The molecule has 1 heterocycles.